The summed E-state index contributed by atoms with van der Waals surface area (Å²) >= 11 is 0.599. The van der Waals surface area contributed by atoms with Crippen molar-refractivity contribution in [2.45, 2.75) is 33.1 Å². The van der Waals surface area contributed by atoms with Gasteiger partial charge in [-0.05, 0) is 0 Å². The van der Waals surface area contributed by atoms with Crippen molar-refractivity contribution in [3.63, 3.8) is 0 Å². The summed E-state index contributed by atoms with van der Waals surface area (Å²) in [6, 6.07) is 2.25. The van der Waals surface area contributed by atoms with Crippen LogP contribution in [-0.4, -0.2) is 14.5 Å². The van der Waals surface area contributed by atoms with Gasteiger partial charge >= 0.3 is 74.7 Å². The first-order valence-electron chi connectivity index (χ1n) is 3.88. The molecule has 0 unspecified atom stereocenters. The van der Waals surface area contributed by atoms with Crippen LogP contribution in [0.4, 0.5) is 0 Å². The third kappa shape index (κ3) is 2.15. The second-order valence-electron chi connectivity index (χ2n) is 3.90. The molecule has 0 aliphatic heterocycles. The Labute approximate surface area is 75.0 Å². The van der Waals surface area contributed by atoms with Gasteiger partial charge in [-0.2, -0.15) is 0 Å². The van der Waals surface area contributed by atoms with Gasteiger partial charge in [0.25, 0.3) is 0 Å². The van der Waals surface area contributed by atoms with E-state index in [1.807, 2.05) is 0 Å². The van der Waals surface area contributed by atoms with Crippen LogP contribution in [-0.2, 0) is 5.41 Å². The summed E-state index contributed by atoms with van der Waals surface area (Å²) in [5, 5.41) is 0. The van der Waals surface area contributed by atoms with E-state index in [-0.39, 0.29) is 0 Å². The fraction of sp³-hybridized carbons (Fsp3) is 0.500. The molecule has 1 aromatic rings. The Hall–Kier alpha value is -0.131. The molecule has 0 aromatic carbocycles. The van der Waals surface area contributed by atoms with Crippen LogP contribution in [0.5, 0.6) is 0 Å². The van der Waals surface area contributed by atoms with E-state index in [9.17, 15) is 0 Å². The third-order valence-electron chi connectivity index (χ3n) is 1.82. The average Bonchev–Trinajstić information content (AvgIpc) is 1.86. The van der Waals surface area contributed by atoms with Gasteiger partial charge in [-0.3, -0.25) is 0 Å². The van der Waals surface area contributed by atoms with E-state index in [1.54, 1.807) is 0 Å². The Bertz CT molecular complexity index is 245. The van der Waals surface area contributed by atoms with E-state index < -0.39 is 0 Å². The maximum absolute atomic E-state index is 2.39. The van der Waals surface area contributed by atoms with Crippen molar-refractivity contribution in [1.29, 1.82) is 0 Å². The maximum atomic E-state index is 2.39. The van der Waals surface area contributed by atoms with E-state index in [0.717, 1.165) is 0 Å². The standard InChI is InChI=1S/C10H15Se/c1-8-5-6-11-7-9(8)10(2,3)4/h5-7H,1-4H3/q+1. The molecule has 60 valence electrons. The second-order valence-corrected chi connectivity index (χ2v) is 5.54. The summed E-state index contributed by atoms with van der Waals surface area (Å²) in [5.74, 6) is 0. The van der Waals surface area contributed by atoms with Crippen molar-refractivity contribution in [3.05, 3.63) is 27.1 Å². The molecule has 0 atom stereocenters. The Morgan fingerprint density at radius 1 is 1.27 bits per heavy atom. The quantitative estimate of drug-likeness (QED) is 0.582. The molecule has 1 aromatic heterocycles. The molecule has 0 amide bonds. The van der Waals surface area contributed by atoms with Crippen LogP contribution in [0.15, 0.2) is 15.9 Å². The normalized spacial score (nSPS) is 11.6. The van der Waals surface area contributed by atoms with Gasteiger partial charge in [-0.1, -0.05) is 0 Å². The molecule has 0 N–H and O–H groups in total. The van der Waals surface area contributed by atoms with Gasteiger partial charge in [0, 0.05) is 0 Å². The molecule has 0 bridgehead atoms. The van der Waals surface area contributed by atoms with E-state index in [4.69, 9.17) is 0 Å². The van der Waals surface area contributed by atoms with Gasteiger partial charge in [-0.15, -0.1) is 0 Å². The predicted molar refractivity (Wildman–Crippen MR) is 51.2 cm³/mol. The van der Waals surface area contributed by atoms with E-state index >= 15 is 0 Å². The van der Waals surface area contributed by atoms with Crippen LogP contribution in [0.3, 0.4) is 0 Å². The number of hydrogen-bond donors (Lipinski definition) is 0. The van der Waals surface area contributed by atoms with E-state index in [0.29, 0.717) is 19.9 Å². The molecule has 1 heterocycles. The molecule has 0 radical (unpaired) electrons. The van der Waals surface area contributed by atoms with E-state index in [2.05, 4.69) is 43.6 Å². The van der Waals surface area contributed by atoms with Crippen LogP contribution < -0.4 is 0 Å². The number of hydrogen-bond acceptors (Lipinski definition) is 0. The number of aryl methyl sites for hydroxylation is 1. The molecule has 0 aliphatic carbocycles. The summed E-state index contributed by atoms with van der Waals surface area (Å²) < 4.78 is 0. The molecule has 1 heteroatoms. The Kier molecular flexibility index (Phi) is 2.51. The fourth-order valence-electron chi connectivity index (χ4n) is 1.20. The SMILES string of the molecule is Cc1cc[se+]cc1C(C)(C)C. The van der Waals surface area contributed by atoms with Gasteiger partial charge in [0.05, 0.1) is 0 Å². The second kappa shape index (κ2) is 3.08. The van der Waals surface area contributed by atoms with Crippen molar-refractivity contribution in [1.82, 2.24) is 0 Å². The van der Waals surface area contributed by atoms with Crippen molar-refractivity contribution in [3.8, 4) is 0 Å². The van der Waals surface area contributed by atoms with Gasteiger partial charge < -0.3 is 0 Å². The third-order valence-corrected chi connectivity index (χ3v) is 3.21. The summed E-state index contributed by atoms with van der Waals surface area (Å²) in [6.07, 6.45) is 0. The van der Waals surface area contributed by atoms with Crippen LogP contribution in [0.2, 0.25) is 0 Å². The molecule has 0 saturated heterocycles. The zero-order chi connectivity index (χ0) is 8.48. The first-order chi connectivity index (χ1) is 5.02. The summed E-state index contributed by atoms with van der Waals surface area (Å²) in [6.45, 7) is 9.02. The van der Waals surface area contributed by atoms with Crippen molar-refractivity contribution >= 4 is 14.5 Å². The minimum atomic E-state index is 0.330. The molecule has 0 nitrogen and oxygen atoms in total. The molecular weight excluding hydrogens is 199 g/mol. The van der Waals surface area contributed by atoms with Gasteiger partial charge in [0.2, 0.25) is 0 Å². The molecule has 0 spiro atoms. The molecular formula is C10H15Se+. The van der Waals surface area contributed by atoms with Crippen LogP contribution >= 0.6 is 0 Å². The zero-order valence-electron chi connectivity index (χ0n) is 7.64. The number of rotatable bonds is 0. The van der Waals surface area contributed by atoms with Crippen molar-refractivity contribution in [2.24, 2.45) is 0 Å². The van der Waals surface area contributed by atoms with Gasteiger partial charge in [0.1, 0.15) is 0 Å². The molecule has 0 fully saturated rings. The predicted octanol–water partition coefficient (Wildman–Crippen LogP) is 2.63. The molecule has 0 saturated carbocycles. The summed E-state index contributed by atoms with van der Waals surface area (Å²) in [7, 11) is 0. The van der Waals surface area contributed by atoms with Crippen molar-refractivity contribution in [2.75, 3.05) is 0 Å². The first-order valence-corrected chi connectivity index (χ1v) is 5.86. The van der Waals surface area contributed by atoms with Crippen molar-refractivity contribution < 1.29 is 0 Å². The minimum absolute atomic E-state index is 0.330. The van der Waals surface area contributed by atoms with Gasteiger partial charge in [-0.25, -0.2) is 0 Å². The van der Waals surface area contributed by atoms with Gasteiger partial charge in [0.15, 0.2) is 0 Å². The fourth-order valence-corrected chi connectivity index (χ4v) is 3.37. The molecule has 11 heavy (non-hydrogen) atoms. The van der Waals surface area contributed by atoms with Crippen LogP contribution in [0, 0.1) is 6.92 Å². The zero-order valence-corrected chi connectivity index (χ0v) is 9.35. The average molecular weight is 214 g/mol. The first kappa shape index (κ1) is 8.96. The van der Waals surface area contributed by atoms with Crippen LogP contribution in [0.1, 0.15) is 31.9 Å². The monoisotopic (exact) mass is 215 g/mol. The molecule has 1 rings (SSSR count). The summed E-state index contributed by atoms with van der Waals surface area (Å²) in [5.41, 5.74) is 3.29. The topological polar surface area (TPSA) is 0 Å². The Balaban J connectivity index is 3.14. The Morgan fingerprint density at radius 2 is 1.91 bits per heavy atom. The summed E-state index contributed by atoms with van der Waals surface area (Å²) in [4.78, 5) is 4.67. The molecule has 0 aliphatic rings. The van der Waals surface area contributed by atoms with Crippen LogP contribution in [0.25, 0.3) is 0 Å². The Morgan fingerprint density at radius 3 is 2.27 bits per heavy atom. The van der Waals surface area contributed by atoms with E-state index in [1.165, 1.54) is 11.1 Å².